The predicted molar refractivity (Wildman–Crippen MR) is 90.7 cm³/mol. The van der Waals surface area contributed by atoms with E-state index in [4.69, 9.17) is 0 Å². The van der Waals surface area contributed by atoms with E-state index in [-0.39, 0.29) is 28.1 Å². The fourth-order valence-electron chi connectivity index (χ4n) is 7.50. The predicted octanol–water partition coefficient (Wildman–Crippen LogP) is 4.44. The Balaban J connectivity index is 1.89. The number of carbonyl (C=O) groups is 2. The highest BCUT2D eigenvalue weighted by molar-refractivity contribution is 5.91. The molecular formula is C21H30O2. The monoisotopic (exact) mass is 314 g/mol. The number of ketones is 1. The Labute approximate surface area is 140 Å². The topological polar surface area (TPSA) is 34.1 Å². The summed E-state index contributed by atoms with van der Waals surface area (Å²) in [4.78, 5) is 25.6. The molecule has 2 heteroatoms. The number of Topliss-reactive ketones (excluding diaryl/α,β-unsaturated/α-hetero) is 1. The Morgan fingerprint density at radius 3 is 2.61 bits per heavy atom. The average molecular weight is 314 g/mol. The highest BCUT2D eigenvalue weighted by Crippen LogP contribution is 2.74. The number of allylic oxidation sites excluding steroid dienone is 1. The van der Waals surface area contributed by atoms with Gasteiger partial charge in [-0.1, -0.05) is 33.3 Å². The quantitative estimate of drug-likeness (QED) is 0.558. The second-order valence-electron chi connectivity index (χ2n) is 9.58. The molecule has 2 bridgehead atoms. The van der Waals surface area contributed by atoms with Crippen molar-refractivity contribution in [2.24, 2.45) is 45.8 Å². The van der Waals surface area contributed by atoms with Gasteiger partial charge in [0.25, 0.3) is 0 Å². The van der Waals surface area contributed by atoms with E-state index in [1.807, 2.05) is 0 Å². The van der Waals surface area contributed by atoms with Crippen LogP contribution in [-0.4, -0.2) is 12.1 Å². The Bertz CT molecular complexity index is 576. The van der Waals surface area contributed by atoms with Crippen molar-refractivity contribution in [3.8, 4) is 0 Å². The molecule has 2 nitrogen and oxygen atoms in total. The number of aldehydes is 1. The second kappa shape index (κ2) is 4.58. The Kier molecular flexibility index (Phi) is 3.11. The highest BCUT2D eigenvalue weighted by Gasteiger charge is 2.72. The number of hydrogen-bond acceptors (Lipinski definition) is 2. The van der Waals surface area contributed by atoms with Gasteiger partial charge in [-0.15, -0.1) is 6.58 Å². The van der Waals surface area contributed by atoms with Crippen molar-refractivity contribution >= 4 is 12.1 Å². The third-order valence-corrected chi connectivity index (χ3v) is 8.65. The van der Waals surface area contributed by atoms with E-state index < -0.39 is 0 Å². The second-order valence-corrected chi connectivity index (χ2v) is 9.58. The summed E-state index contributed by atoms with van der Waals surface area (Å²) in [5, 5.41) is 0. The lowest BCUT2D eigenvalue weighted by atomic mass is 9.54. The maximum Gasteiger partial charge on any atom is 0.143 e. The molecule has 4 saturated carbocycles. The molecule has 0 radical (unpaired) electrons. The van der Waals surface area contributed by atoms with Gasteiger partial charge in [-0.25, -0.2) is 0 Å². The van der Waals surface area contributed by atoms with Crippen molar-refractivity contribution in [2.45, 2.75) is 59.3 Å². The molecule has 0 amide bonds. The minimum Gasteiger partial charge on any atom is -0.303 e. The van der Waals surface area contributed by atoms with Crippen molar-refractivity contribution in [2.75, 3.05) is 0 Å². The minimum atomic E-state index is -0.235. The van der Waals surface area contributed by atoms with Crippen LogP contribution in [0.25, 0.3) is 0 Å². The molecule has 4 rings (SSSR count). The smallest absolute Gasteiger partial charge is 0.143 e. The molecule has 1 spiro atoms. The van der Waals surface area contributed by atoms with Gasteiger partial charge in [-0.3, -0.25) is 4.79 Å². The van der Waals surface area contributed by atoms with Crippen LogP contribution >= 0.6 is 0 Å². The van der Waals surface area contributed by atoms with E-state index in [0.29, 0.717) is 23.5 Å². The van der Waals surface area contributed by atoms with E-state index in [9.17, 15) is 9.59 Å². The number of fused-ring (bicyclic) bond motifs is 3. The maximum absolute atomic E-state index is 13.8. The van der Waals surface area contributed by atoms with E-state index in [2.05, 4.69) is 33.4 Å². The van der Waals surface area contributed by atoms with Gasteiger partial charge in [-0.05, 0) is 55.3 Å². The van der Waals surface area contributed by atoms with Gasteiger partial charge >= 0.3 is 0 Å². The van der Waals surface area contributed by atoms with Gasteiger partial charge in [0, 0.05) is 22.7 Å². The first-order valence-electron chi connectivity index (χ1n) is 9.47. The van der Waals surface area contributed by atoms with Gasteiger partial charge in [0.15, 0.2) is 0 Å². The molecule has 0 aromatic carbocycles. The van der Waals surface area contributed by atoms with Gasteiger partial charge < -0.3 is 4.79 Å². The fourth-order valence-corrected chi connectivity index (χ4v) is 7.50. The zero-order valence-electron chi connectivity index (χ0n) is 14.8. The summed E-state index contributed by atoms with van der Waals surface area (Å²) in [6.45, 7) is 11.1. The number of rotatable bonds is 2. The van der Waals surface area contributed by atoms with Crippen LogP contribution in [0.15, 0.2) is 12.7 Å². The van der Waals surface area contributed by atoms with Crippen LogP contribution in [-0.2, 0) is 9.59 Å². The van der Waals surface area contributed by atoms with E-state index in [1.54, 1.807) is 0 Å². The van der Waals surface area contributed by atoms with Crippen LogP contribution < -0.4 is 0 Å². The van der Waals surface area contributed by atoms with Crippen molar-refractivity contribution in [1.29, 1.82) is 0 Å². The van der Waals surface area contributed by atoms with E-state index >= 15 is 0 Å². The summed E-state index contributed by atoms with van der Waals surface area (Å²) >= 11 is 0. The minimum absolute atomic E-state index is 0.0317. The molecule has 23 heavy (non-hydrogen) atoms. The van der Waals surface area contributed by atoms with Crippen molar-refractivity contribution < 1.29 is 9.59 Å². The normalized spacial score (nSPS) is 53.5. The number of carbonyl (C=O) groups excluding carboxylic acids is 2. The van der Waals surface area contributed by atoms with Crippen LogP contribution in [0.1, 0.15) is 59.3 Å². The molecule has 5 unspecified atom stereocenters. The van der Waals surface area contributed by atoms with Crippen molar-refractivity contribution in [1.82, 2.24) is 0 Å². The first-order chi connectivity index (χ1) is 10.8. The average Bonchev–Trinajstić information content (AvgIpc) is 2.92. The standard InChI is InChI=1S/C21H30O2/c1-5-20-7-6-8-21(20)13(2)9-16-17(19(16,3)4)15(18(21)23)10-14(11-20)12-22/h5,12-17H,1,6-11H2,2-4H3/t13-,14?,15?,16?,17?,20?,21+/m1/s1. The van der Waals surface area contributed by atoms with Crippen molar-refractivity contribution in [3.63, 3.8) is 0 Å². The lowest BCUT2D eigenvalue weighted by Gasteiger charge is -2.47. The first-order valence-corrected chi connectivity index (χ1v) is 9.47. The fraction of sp³-hybridized carbons (Fsp3) is 0.810. The van der Waals surface area contributed by atoms with Crippen molar-refractivity contribution in [3.05, 3.63) is 12.7 Å². The number of hydrogen-bond donors (Lipinski definition) is 0. The molecule has 4 fully saturated rings. The van der Waals surface area contributed by atoms with E-state index in [0.717, 1.165) is 38.4 Å². The summed E-state index contributed by atoms with van der Waals surface area (Å²) in [7, 11) is 0. The summed E-state index contributed by atoms with van der Waals surface area (Å²) in [6.07, 6.45) is 9.21. The first kappa shape index (κ1) is 15.6. The van der Waals surface area contributed by atoms with E-state index in [1.165, 1.54) is 6.42 Å². The maximum atomic E-state index is 13.8. The van der Waals surface area contributed by atoms with Gasteiger partial charge in [0.1, 0.15) is 12.1 Å². The zero-order chi connectivity index (χ0) is 16.6. The SMILES string of the molecule is C=CC12CCC[C@]13C(=O)C(CC(C=O)C2)C1C(C[C@H]3C)C1(C)C. The van der Waals surface area contributed by atoms with Crippen LogP contribution in [0.2, 0.25) is 0 Å². The molecule has 0 saturated heterocycles. The third kappa shape index (κ3) is 1.66. The lowest BCUT2D eigenvalue weighted by Crippen LogP contribution is -2.48. The van der Waals surface area contributed by atoms with Gasteiger partial charge in [-0.2, -0.15) is 0 Å². The third-order valence-electron chi connectivity index (χ3n) is 8.65. The van der Waals surface area contributed by atoms with Crippen LogP contribution in [0.5, 0.6) is 0 Å². The molecule has 0 aromatic rings. The molecule has 4 aliphatic carbocycles. The summed E-state index contributed by atoms with van der Waals surface area (Å²) in [5.41, 5.74) is -0.0885. The Morgan fingerprint density at radius 2 is 1.96 bits per heavy atom. The molecule has 7 atom stereocenters. The summed E-state index contributed by atoms with van der Waals surface area (Å²) in [6, 6.07) is 0. The molecule has 4 aliphatic rings. The van der Waals surface area contributed by atoms with Gasteiger partial charge in [0.05, 0.1) is 0 Å². The van der Waals surface area contributed by atoms with Crippen LogP contribution in [0.3, 0.4) is 0 Å². The molecule has 0 heterocycles. The van der Waals surface area contributed by atoms with Crippen LogP contribution in [0, 0.1) is 45.8 Å². The summed E-state index contributed by atoms with van der Waals surface area (Å²) < 4.78 is 0. The zero-order valence-corrected chi connectivity index (χ0v) is 14.8. The molecule has 0 aromatic heterocycles. The summed E-state index contributed by atoms with van der Waals surface area (Å²) in [5.74, 6) is 2.23. The van der Waals surface area contributed by atoms with Crippen LogP contribution in [0.4, 0.5) is 0 Å². The molecule has 126 valence electrons. The van der Waals surface area contributed by atoms with Gasteiger partial charge in [0.2, 0.25) is 0 Å². The molecular weight excluding hydrogens is 284 g/mol. The largest absolute Gasteiger partial charge is 0.303 e. The Morgan fingerprint density at radius 1 is 1.22 bits per heavy atom. The Hall–Kier alpha value is -0.920. The lowest BCUT2D eigenvalue weighted by molar-refractivity contribution is -0.141. The molecule has 0 aliphatic heterocycles. The molecule has 0 N–H and O–H groups in total. The highest BCUT2D eigenvalue weighted by atomic mass is 16.1.